The molecule has 0 fully saturated rings. The maximum absolute atomic E-state index is 13.9. The molecule has 1 atom stereocenters. The molecular weight excluding hydrogens is 437 g/mol. The summed E-state index contributed by atoms with van der Waals surface area (Å²) in [6.07, 6.45) is 5.84. The molecule has 0 spiro atoms. The number of carbonyl (C=O) groups is 1. The highest BCUT2D eigenvalue weighted by Crippen LogP contribution is 2.28. The Balaban J connectivity index is 2.77. The van der Waals surface area contributed by atoms with Crippen molar-refractivity contribution in [2.45, 2.75) is 62.8 Å². The number of nitrogens with one attached hydrogen (secondary N) is 1. The molecule has 25 heavy (non-hydrogen) atoms. The maximum atomic E-state index is 13.9. The molecule has 0 aliphatic carbocycles. The van der Waals surface area contributed by atoms with E-state index in [9.17, 15) is 22.7 Å². The van der Waals surface area contributed by atoms with Gasteiger partial charge in [0.15, 0.2) is 0 Å². The highest BCUT2D eigenvalue weighted by molar-refractivity contribution is 9.10. The van der Waals surface area contributed by atoms with Gasteiger partial charge in [-0.2, -0.15) is 4.72 Å². The van der Waals surface area contributed by atoms with Crippen LogP contribution in [0.4, 0.5) is 4.39 Å². The van der Waals surface area contributed by atoms with Crippen LogP contribution in [0.2, 0.25) is 5.02 Å². The second-order valence-electron chi connectivity index (χ2n) is 5.77. The van der Waals surface area contributed by atoms with Crippen LogP contribution >= 0.6 is 27.5 Å². The van der Waals surface area contributed by atoms with Crippen molar-refractivity contribution in [2.24, 2.45) is 0 Å². The van der Waals surface area contributed by atoms with Crippen LogP contribution in [-0.2, 0) is 14.8 Å². The zero-order valence-electron chi connectivity index (χ0n) is 13.9. The van der Waals surface area contributed by atoms with Crippen LogP contribution in [0, 0.1) is 5.82 Å². The summed E-state index contributed by atoms with van der Waals surface area (Å²) in [5.74, 6) is -2.32. The summed E-state index contributed by atoms with van der Waals surface area (Å²) in [5, 5.41) is 9.27. The minimum atomic E-state index is -4.32. The fraction of sp³-hybridized carbons (Fsp3) is 0.562. The predicted molar refractivity (Wildman–Crippen MR) is 98.8 cm³/mol. The number of hydrogen-bond acceptors (Lipinski definition) is 3. The highest BCUT2D eigenvalue weighted by atomic mass is 79.9. The number of aliphatic carboxylic acids is 1. The Bertz CT molecular complexity index is 700. The van der Waals surface area contributed by atoms with Crippen LogP contribution in [0.25, 0.3) is 0 Å². The first-order chi connectivity index (χ1) is 11.7. The quantitative estimate of drug-likeness (QED) is 0.371. The Hall–Kier alpha value is -0.700. The van der Waals surface area contributed by atoms with E-state index in [0.29, 0.717) is 6.42 Å². The van der Waals surface area contributed by atoms with Gasteiger partial charge < -0.3 is 5.11 Å². The monoisotopic (exact) mass is 457 g/mol. The van der Waals surface area contributed by atoms with Crippen molar-refractivity contribution in [3.05, 3.63) is 27.4 Å². The standard InChI is InChI=1S/C16H22BrClFNO4S/c1-2-3-4-5-6-7-8-14(16(21)22)20-25(23,24)15-9-11(17)12(18)10-13(15)19/h9-10,14,20H,2-8H2,1H3,(H,21,22). The minimum absolute atomic E-state index is 0.0262. The van der Waals surface area contributed by atoms with Crippen molar-refractivity contribution in [3.8, 4) is 0 Å². The van der Waals surface area contributed by atoms with E-state index < -0.39 is 32.7 Å². The Morgan fingerprint density at radius 1 is 1.28 bits per heavy atom. The third-order valence-electron chi connectivity index (χ3n) is 3.71. The minimum Gasteiger partial charge on any atom is -0.480 e. The van der Waals surface area contributed by atoms with Gasteiger partial charge in [0.25, 0.3) is 0 Å². The smallest absolute Gasteiger partial charge is 0.321 e. The zero-order chi connectivity index (χ0) is 19.0. The van der Waals surface area contributed by atoms with Crippen molar-refractivity contribution < 1.29 is 22.7 Å². The SMILES string of the molecule is CCCCCCCCC(NS(=O)(=O)c1cc(Br)c(Cl)cc1F)C(=O)O. The van der Waals surface area contributed by atoms with Crippen LogP contribution in [0.3, 0.4) is 0 Å². The van der Waals surface area contributed by atoms with E-state index in [1.54, 1.807) is 0 Å². The Morgan fingerprint density at radius 2 is 1.88 bits per heavy atom. The average molecular weight is 459 g/mol. The first-order valence-corrected chi connectivity index (χ1v) is 10.7. The number of hydrogen-bond donors (Lipinski definition) is 2. The fourth-order valence-corrected chi connectivity index (χ4v) is 4.28. The molecule has 0 heterocycles. The zero-order valence-corrected chi connectivity index (χ0v) is 17.1. The topological polar surface area (TPSA) is 83.5 Å². The molecule has 1 rings (SSSR count). The summed E-state index contributed by atoms with van der Waals surface area (Å²) in [7, 11) is -4.32. The molecule has 2 N–H and O–H groups in total. The lowest BCUT2D eigenvalue weighted by Crippen LogP contribution is -2.41. The van der Waals surface area contributed by atoms with E-state index in [1.807, 2.05) is 0 Å². The van der Waals surface area contributed by atoms with Gasteiger partial charge in [-0.1, -0.05) is 57.0 Å². The van der Waals surface area contributed by atoms with Crippen LogP contribution in [-0.4, -0.2) is 25.5 Å². The molecule has 0 saturated heterocycles. The van der Waals surface area contributed by atoms with Crippen LogP contribution in [0.5, 0.6) is 0 Å². The van der Waals surface area contributed by atoms with Crippen molar-refractivity contribution in [3.63, 3.8) is 0 Å². The summed E-state index contributed by atoms with van der Waals surface area (Å²) in [4.78, 5) is 10.7. The van der Waals surface area contributed by atoms with Crippen molar-refractivity contribution in [1.82, 2.24) is 4.72 Å². The first kappa shape index (κ1) is 22.3. The van der Waals surface area contributed by atoms with Gasteiger partial charge in [-0.3, -0.25) is 4.79 Å². The number of rotatable bonds is 11. The molecule has 1 aromatic carbocycles. The number of unbranched alkanes of at least 4 members (excludes halogenated alkanes) is 5. The molecule has 0 radical (unpaired) electrons. The molecule has 1 aromatic rings. The van der Waals surface area contributed by atoms with Gasteiger partial charge >= 0.3 is 5.97 Å². The van der Waals surface area contributed by atoms with Gasteiger partial charge in [0.1, 0.15) is 16.8 Å². The number of sulfonamides is 1. The lowest BCUT2D eigenvalue weighted by Gasteiger charge is -2.15. The van der Waals surface area contributed by atoms with Crippen LogP contribution in [0.15, 0.2) is 21.5 Å². The third kappa shape index (κ3) is 7.21. The van der Waals surface area contributed by atoms with Crippen LogP contribution in [0.1, 0.15) is 51.9 Å². The first-order valence-electron chi connectivity index (χ1n) is 8.08. The molecular formula is C16H22BrClFNO4S. The third-order valence-corrected chi connectivity index (χ3v) is 6.39. The summed E-state index contributed by atoms with van der Waals surface area (Å²) >= 11 is 8.75. The molecule has 5 nitrogen and oxygen atoms in total. The Morgan fingerprint density at radius 3 is 2.48 bits per heavy atom. The number of carboxylic acid groups (broad SMARTS) is 1. The van der Waals surface area contributed by atoms with E-state index in [1.165, 1.54) is 0 Å². The van der Waals surface area contributed by atoms with E-state index in [2.05, 4.69) is 27.6 Å². The average Bonchev–Trinajstić information content (AvgIpc) is 2.52. The van der Waals surface area contributed by atoms with Gasteiger partial charge in [0.05, 0.1) is 5.02 Å². The van der Waals surface area contributed by atoms with Crippen molar-refractivity contribution in [2.75, 3.05) is 0 Å². The van der Waals surface area contributed by atoms with Gasteiger partial charge in [0.2, 0.25) is 10.0 Å². The van der Waals surface area contributed by atoms with Crippen molar-refractivity contribution >= 4 is 43.5 Å². The Kier molecular flexibility index (Phi) is 9.34. The summed E-state index contributed by atoms with van der Waals surface area (Å²) in [6.45, 7) is 2.10. The van der Waals surface area contributed by atoms with E-state index in [-0.39, 0.29) is 15.9 Å². The molecule has 0 saturated carbocycles. The molecule has 1 unspecified atom stereocenters. The summed E-state index contributed by atoms with van der Waals surface area (Å²) < 4.78 is 40.9. The molecule has 9 heteroatoms. The number of halogens is 3. The van der Waals surface area contributed by atoms with Crippen molar-refractivity contribution in [1.29, 1.82) is 0 Å². The number of carboxylic acids is 1. The second kappa shape index (κ2) is 10.4. The molecule has 0 aromatic heterocycles. The second-order valence-corrected chi connectivity index (χ2v) is 8.71. The molecule has 0 amide bonds. The predicted octanol–water partition coefficient (Wildman–Crippen LogP) is 4.72. The fourth-order valence-electron chi connectivity index (χ4n) is 2.32. The van der Waals surface area contributed by atoms with Crippen LogP contribution < -0.4 is 4.72 Å². The lowest BCUT2D eigenvalue weighted by molar-refractivity contribution is -0.139. The summed E-state index contributed by atoms with van der Waals surface area (Å²) in [6, 6.07) is 0.581. The number of benzene rings is 1. The van der Waals surface area contributed by atoms with E-state index >= 15 is 0 Å². The Labute approximate surface area is 161 Å². The van der Waals surface area contributed by atoms with E-state index in [0.717, 1.165) is 44.2 Å². The van der Waals surface area contributed by atoms with Gasteiger partial charge in [-0.25, -0.2) is 12.8 Å². The van der Waals surface area contributed by atoms with E-state index in [4.69, 9.17) is 11.6 Å². The largest absolute Gasteiger partial charge is 0.480 e. The molecule has 0 bridgehead atoms. The lowest BCUT2D eigenvalue weighted by atomic mass is 10.1. The van der Waals surface area contributed by atoms with Gasteiger partial charge in [-0.05, 0) is 34.5 Å². The normalized spacial score (nSPS) is 13.0. The van der Waals surface area contributed by atoms with Gasteiger partial charge in [-0.15, -0.1) is 0 Å². The maximum Gasteiger partial charge on any atom is 0.321 e. The summed E-state index contributed by atoms with van der Waals surface area (Å²) in [5.41, 5.74) is 0. The highest BCUT2D eigenvalue weighted by Gasteiger charge is 2.27. The van der Waals surface area contributed by atoms with Gasteiger partial charge in [0, 0.05) is 4.47 Å². The molecule has 0 aliphatic heterocycles. The molecule has 142 valence electrons. The molecule has 0 aliphatic rings.